The Kier molecular flexibility index (Phi) is 7.09. The summed E-state index contributed by atoms with van der Waals surface area (Å²) < 4.78 is 26.3. The van der Waals surface area contributed by atoms with Crippen molar-refractivity contribution in [2.75, 3.05) is 10.6 Å². The number of carbonyl (C=O) groups is 1. The summed E-state index contributed by atoms with van der Waals surface area (Å²) in [5.74, 6) is -0.326. The molecule has 5 nitrogen and oxygen atoms in total. The molecule has 30 heavy (non-hydrogen) atoms. The third kappa shape index (κ3) is 5.16. The fraction of sp³-hybridized carbons (Fsp3) is 0.435. The van der Waals surface area contributed by atoms with Crippen molar-refractivity contribution < 1.29 is 13.2 Å². The zero-order chi connectivity index (χ0) is 21.9. The highest BCUT2D eigenvalue weighted by atomic mass is 35.5. The Bertz CT molecular complexity index is 1020. The van der Waals surface area contributed by atoms with Crippen molar-refractivity contribution in [1.82, 2.24) is 5.32 Å². The van der Waals surface area contributed by atoms with Crippen LogP contribution in [0.5, 0.6) is 0 Å². The number of hydrogen-bond acceptors (Lipinski definition) is 3. The van der Waals surface area contributed by atoms with Crippen LogP contribution >= 0.6 is 11.6 Å². The molecule has 2 aromatic carbocycles. The monoisotopic (exact) mass is 448 g/mol. The normalized spacial score (nSPS) is 15.7. The van der Waals surface area contributed by atoms with Crippen LogP contribution in [-0.4, -0.2) is 26.6 Å². The molecule has 162 valence electrons. The van der Waals surface area contributed by atoms with Crippen molar-refractivity contribution in [3.63, 3.8) is 0 Å². The highest BCUT2D eigenvalue weighted by Crippen LogP contribution is 2.27. The molecule has 0 fully saturated rings. The standard InChI is InChI=1S/C23H29ClN2O3S/c1-4-22(26(30(3,28)29)21-11-7-10-20(24)15-21)23(27)25-16(2)18-13-12-17-8-5-6-9-19(17)14-18/h7,10-16,22H,4-6,8-9H2,1-3H3,(H,25,27)/t16-,22+/m1/s1. The van der Waals surface area contributed by atoms with Crippen LogP contribution in [0.3, 0.4) is 0 Å². The molecule has 3 rings (SSSR count). The van der Waals surface area contributed by atoms with Gasteiger partial charge < -0.3 is 5.32 Å². The topological polar surface area (TPSA) is 66.5 Å². The van der Waals surface area contributed by atoms with Crippen LogP contribution in [-0.2, 0) is 27.7 Å². The number of sulfonamides is 1. The second-order valence-corrected chi connectivity index (χ2v) is 10.2. The summed E-state index contributed by atoms with van der Waals surface area (Å²) in [5, 5.41) is 3.43. The van der Waals surface area contributed by atoms with E-state index in [-0.39, 0.29) is 11.9 Å². The molecule has 1 N–H and O–H groups in total. The van der Waals surface area contributed by atoms with Crippen LogP contribution in [0.1, 0.15) is 55.8 Å². The molecule has 0 aromatic heterocycles. The van der Waals surface area contributed by atoms with Crippen LogP contribution in [0.15, 0.2) is 42.5 Å². The summed E-state index contributed by atoms with van der Waals surface area (Å²) in [7, 11) is -3.69. The van der Waals surface area contributed by atoms with E-state index in [9.17, 15) is 13.2 Å². The van der Waals surface area contributed by atoms with Crippen LogP contribution in [0.25, 0.3) is 0 Å². The fourth-order valence-electron chi connectivity index (χ4n) is 4.09. The number of carbonyl (C=O) groups excluding carboxylic acids is 1. The number of anilines is 1. The number of aryl methyl sites for hydroxylation is 2. The van der Waals surface area contributed by atoms with Crippen LogP contribution < -0.4 is 9.62 Å². The summed E-state index contributed by atoms with van der Waals surface area (Å²) in [6, 6.07) is 11.9. The van der Waals surface area contributed by atoms with Crippen molar-refractivity contribution in [2.45, 2.75) is 58.0 Å². The number of benzene rings is 2. The first-order valence-corrected chi connectivity index (χ1v) is 12.6. The largest absolute Gasteiger partial charge is 0.348 e. The van der Waals surface area contributed by atoms with E-state index < -0.39 is 16.1 Å². The van der Waals surface area contributed by atoms with Gasteiger partial charge in [0.15, 0.2) is 0 Å². The van der Waals surface area contributed by atoms with Crippen molar-refractivity contribution in [3.8, 4) is 0 Å². The maximum absolute atomic E-state index is 13.1. The second-order valence-electron chi connectivity index (χ2n) is 7.93. The minimum Gasteiger partial charge on any atom is -0.348 e. The van der Waals surface area contributed by atoms with Gasteiger partial charge >= 0.3 is 0 Å². The molecule has 0 spiro atoms. The Morgan fingerprint density at radius 3 is 2.47 bits per heavy atom. The second kappa shape index (κ2) is 9.40. The Morgan fingerprint density at radius 1 is 1.13 bits per heavy atom. The Balaban J connectivity index is 1.83. The Morgan fingerprint density at radius 2 is 1.83 bits per heavy atom. The molecule has 0 saturated heterocycles. The zero-order valence-corrected chi connectivity index (χ0v) is 19.3. The van der Waals surface area contributed by atoms with Gasteiger partial charge in [-0.3, -0.25) is 9.10 Å². The Hall–Kier alpha value is -2.05. The van der Waals surface area contributed by atoms with E-state index in [0.29, 0.717) is 17.1 Å². The number of hydrogen-bond donors (Lipinski definition) is 1. The minimum absolute atomic E-state index is 0.223. The number of amides is 1. The molecule has 0 saturated carbocycles. The first-order chi connectivity index (χ1) is 14.2. The highest BCUT2D eigenvalue weighted by molar-refractivity contribution is 7.92. The molecule has 0 heterocycles. The van der Waals surface area contributed by atoms with Crippen LogP contribution in [0.4, 0.5) is 5.69 Å². The number of nitrogens with one attached hydrogen (secondary N) is 1. The van der Waals surface area contributed by atoms with Gasteiger partial charge in [0.25, 0.3) is 0 Å². The average Bonchev–Trinajstić information content (AvgIpc) is 2.70. The molecule has 2 aromatic rings. The summed E-state index contributed by atoms with van der Waals surface area (Å²) in [6.45, 7) is 3.73. The smallest absolute Gasteiger partial charge is 0.244 e. The van der Waals surface area contributed by atoms with E-state index in [0.717, 1.165) is 29.0 Å². The summed E-state index contributed by atoms with van der Waals surface area (Å²) in [5.41, 5.74) is 4.16. The molecule has 0 aliphatic heterocycles. The van der Waals surface area contributed by atoms with Gasteiger partial charge in [-0.15, -0.1) is 0 Å². The summed E-state index contributed by atoms with van der Waals surface area (Å²) in [4.78, 5) is 13.1. The van der Waals surface area contributed by atoms with E-state index in [1.807, 2.05) is 6.92 Å². The van der Waals surface area contributed by atoms with E-state index >= 15 is 0 Å². The lowest BCUT2D eigenvalue weighted by Crippen LogP contribution is -2.49. The first-order valence-electron chi connectivity index (χ1n) is 10.4. The number of rotatable bonds is 7. The average molecular weight is 449 g/mol. The molecule has 0 bridgehead atoms. The van der Waals surface area contributed by atoms with E-state index in [4.69, 9.17) is 11.6 Å². The molecular formula is C23H29ClN2O3S. The van der Waals surface area contributed by atoms with Gasteiger partial charge in [0.2, 0.25) is 15.9 Å². The quantitative estimate of drug-likeness (QED) is 0.670. The van der Waals surface area contributed by atoms with Gasteiger partial charge in [0.05, 0.1) is 18.0 Å². The van der Waals surface area contributed by atoms with Gasteiger partial charge in [0, 0.05) is 5.02 Å². The highest BCUT2D eigenvalue weighted by Gasteiger charge is 2.32. The van der Waals surface area contributed by atoms with Gasteiger partial charge in [0.1, 0.15) is 6.04 Å². The van der Waals surface area contributed by atoms with E-state index in [1.54, 1.807) is 31.2 Å². The molecule has 0 radical (unpaired) electrons. The molecular weight excluding hydrogens is 420 g/mol. The fourth-order valence-corrected chi connectivity index (χ4v) is 5.48. The predicted octanol–water partition coefficient (Wildman–Crippen LogP) is 4.64. The third-order valence-electron chi connectivity index (χ3n) is 5.62. The maximum Gasteiger partial charge on any atom is 0.244 e. The summed E-state index contributed by atoms with van der Waals surface area (Å²) >= 11 is 6.07. The lowest BCUT2D eigenvalue weighted by Gasteiger charge is -2.31. The third-order valence-corrected chi connectivity index (χ3v) is 7.04. The van der Waals surface area contributed by atoms with Crippen molar-refractivity contribution in [2.24, 2.45) is 0 Å². The van der Waals surface area contributed by atoms with Gasteiger partial charge in [-0.05, 0) is 73.9 Å². The molecule has 7 heteroatoms. The molecule has 1 aliphatic carbocycles. The zero-order valence-electron chi connectivity index (χ0n) is 17.7. The number of halogens is 1. The molecule has 1 amide bonds. The Labute approximate surface area is 184 Å². The van der Waals surface area contributed by atoms with E-state index in [2.05, 4.69) is 23.5 Å². The van der Waals surface area contributed by atoms with Crippen molar-refractivity contribution in [1.29, 1.82) is 0 Å². The summed E-state index contributed by atoms with van der Waals surface area (Å²) in [6.07, 6.45) is 6.04. The van der Waals surface area contributed by atoms with Crippen molar-refractivity contribution >= 4 is 33.2 Å². The molecule has 2 atom stereocenters. The first kappa shape index (κ1) is 22.6. The van der Waals surface area contributed by atoms with E-state index in [1.165, 1.54) is 24.0 Å². The van der Waals surface area contributed by atoms with Crippen molar-refractivity contribution in [3.05, 3.63) is 64.2 Å². The van der Waals surface area contributed by atoms with Crippen LogP contribution in [0, 0.1) is 0 Å². The molecule has 1 aliphatic rings. The van der Waals surface area contributed by atoms with Crippen LogP contribution in [0.2, 0.25) is 5.02 Å². The number of fused-ring (bicyclic) bond motifs is 1. The lowest BCUT2D eigenvalue weighted by molar-refractivity contribution is -0.122. The lowest BCUT2D eigenvalue weighted by atomic mass is 9.89. The van der Waals surface area contributed by atoms with Gasteiger partial charge in [-0.1, -0.05) is 42.8 Å². The predicted molar refractivity (Wildman–Crippen MR) is 122 cm³/mol. The van der Waals surface area contributed by atoms with Gasteiger partial charge in [-0.2, -0.15) is 0 Å². The molecule has 0 unspecified atom stereocenters. The minimum atomic E-state index is -3.69. The SMILES string of the molecule is CC[C@@H](C(=O)N[C@H](C)c1ccc2c(c1)CCCC2)N(c1cccc(Cl)c1)S(C)(=O)=O. The van der Waals surface area contributed by atoms with Gasteiger partial charge in [-0.25, -0.2) is 8.42 Å². The maximum atomic E-state index is 13.1. The number of nitrogens with zero attached hydrogens (tertiary/aromatic N) is 1.